The van der Waals surface area contributed by atoms with Crippen LogP contribution in [0.25, 0.3) is 0 Å². The second-order valence-corrected chi connectivity index (χ2v) is 10.2. The molecule has 182 valence electrons. The van der Waals surface area contributed by atoms with E-state index in [9.17, 15) is 9.59 Å². The smallest absolute Gasteiger partial charge is 0.323 e. The highest BCUT2D eigenvalue weighted by Crippen LogP contribution is 2.37. The number of urea groups is 1. The summed E-state index contributed by atoms with van der Waals surface area (Å²) in [5, 5.41) is 3.16. The molecule has 6 heteroatoms. The molecular formula is C27H42N4O2. The minimum Gasteiger partial charge on any atom is -0.323 e. The Bertz CT molecular complexity index is 813. The Morgan fingerprint density at radius 3 is 2.67 bits per heavy atom. The molecule has 1 N–H and O–H groups in total. The van der Waals surface area contributed by atoms with Crippen LogP contribution in [0, 0.1) is 11.8 Å². The molecule has 0 aliphatic carbocycles. The van der Waals surface area contributed by atoms with Gasteiger partial charge in [-0.15, -0.1) is 0 Å². The lowest BCUT2D eigenvalue weighted by Crippen LogP contribution is -2.56. The second-order valence-electron chi connectivity index (χ2n) is 10.2. The molecule has 2 fully saturated rings. The molecule has 2 atom stereocenters. The number of aromatic nitrogens is 1. The summed E-state index contributed by atoms with van der Waals surface area (Å²) in [7, 11) is 0. The van der Waals surface area contributed by atoms with Crippen LogP contribution in [0.2, 0.25) is 0 Å². The summed E-state index contributed by atoms with van der Waals surface area (Å²) in [6.45, 7) is 12.2. The van der Waals surface area contributed by atoms with Crippen LogP contribution < -0.4 is 5.32 Å². The van der Waals surface area contributed by atoms with Gasteiger partial charge in [0.05, 0.1) is 0 Å². The van der Waals surface area contributed by atoms with Crippen LogP contribution >= 0.6 is 0 Å². The summed E-state index contributed by atoms with van der Waals surface area (Å²) >= 11 is 0. The van der Waals surface area contributed by atoms with Gasteiger partial charge in [-0.2, -0.15) is 0 Å². The lowest BCUT2D eigenvalue weighted by atomic mass is 9.74. The van der Waals surface area contributed by atoms with Crippen molar-refractivity contribution in [3.05, 3.63) is 41.7 Å². The zero-order valence-corrected chi connectivity index (χ0v) is 21.0. The van der Waals surface area contributed by atoms with Gasteiger partial charge in [0, 0.05) is 31.4 Å². The number of amides is 3. The zero-order chi connectivity index (χ0) is 23.8. The fourth-order valence-corrected chi connectivity index (χ4v) is 5.46. The first kappa shape index (κ1) is 25.4. The van der Waals surface area contributed by atoms with E-state index in [1.165, 1.54) is 16.9 Å². The van der Waals surface area contributed by atoms with E-state index in [-0.39, 0.29) is 17.9 Å². The highest BCUT2D eigenvalue weighted by molar-refractivity contribution is 6.07. The number of hydrogen-bond acceptors (Lipinski definition) is 4. The van der Waals surface area contributed by atoms with E-state index < -0.39 is 5.54 Å². The van der Waals surface area contributed by atoms with Gasteiger partial charge in [0.1, 0.15) is 5.54 Å². The first-order valence-corrected chi connectivity index (χ1v) is 12.8. The Hall–Kier alpha value is -2.21. The van der Waals surface area contributed by atoms with E-state index in [0.717, 1.165) is 51.0 Å². The van der Waals surface area contributed by atoms with Gasteiger partial charge in [-0.1, -0.05) is 38.0 Å². The van der Waals surface area contributed by atoms with Gasteiger partial charge in [-0.25, -0.2) is 4.79 Å². The molecule has 6 nitrogen and oxygen atoms in total. The number of pyridine rings is 1. The number of allylic oxidation sites excluding steroid dienone is 2. The fourth-order valence-electron chi connectivity index (χ4n) is 5.46. The Kier molecular flexibility index (Phi) is 9.07. The van der Waals surface area contributed by atoms with E-state index in [1.807, 2.05) is 18.2 Å². The predicted molar refractivity (Wildman–Crippen MR) is 133 cm³/mol. The number of carbonyl (C=O) groups excluding carboxylic acids is 2. The summed E-state index contributed by atoms with van der Waals surface area (Å²) in [6, 6.07) is 5.51. The molecule has 3 amide bonds. The van der Waals surface area contributed by atoms with Crippen molar-refractivity contribution in [1.29, 1.82) is 0 Å². The van der Waals surface area contributed by atoms with E-state index in [4.69, 9.17) is 0 Å². The molecule has 0 saturated carbocycles. The van der Waals surface area contributed by atoms with Gasteiger partial charge in [0.25, 0.3) is 5.91 Å². The maximum Gasteiger partial charge on any atom is 0.325 e. The third kappa shape index (κ3) is 6.44. The summed E-state index contributed by atoms with van der Waals surface area (Å²) in [5.41, 5.74) is 1.55. The van der Waals surface area contributed by atoms with Crippen molar-refractivity contribution in [2.75, 3.05) is 26.2 Å². The molecule has 0 unspecified atom stereocenters. The maximum absolute atomic E-state index is 13.6. The summed E-state index contributed by atoms with van der Waals surface area (Å²) in [6.07, 6.45) is 10.5. The molecule has 1 aromatic rings. The van der Waals surface area contributed by atoms with E-state index >= 15 is 0 Å². The molecule has 3 rings (SSSR count). The first-order valence-electron chi connectivity index (χ1n) is 12.8. The topological polar surface area (TPSA) is 65.5 Å². The third-order valence-electron chi connectivity index (χ3n) is 7.23. The van der Waals surface area contributed by atoms with Crippen molar-refractivity contribution >= 4 is 11.9 Å². The Balaban J connectivity index is 1.57. The lowest BCUT2D eigenvalue weighted by molar-refractivity contribution is -0.134. The normalized spacial score (nSPS) is 23.0. The number of carbonyl (C=O) groups is 2. The minimum atomic E-state index is -0.739. The molecule has 0 bridgehead atoms. The number of rotatable bonds is 11. The quantitative estimate of drug-likeness (QED) is 0.385. The summed E-state index contributed by atoms with van der Waals surface area (Å²) < 4.78 is 0. The standard InChI is InChI=1S/C27H42N4O2/c1-5-15-27(23-12-17-30(18-13-23)20-22(4)10-8-9-21(2)3)25(32)31(26(33)29-27)19-14-24-11-6-7-16-28-24/h6-7,9,11,16,22-23H,5,8,10,12-15,17-20H2,1-4H3,(H,29,33)/t22-,27-/m1/s1. The Morgan fingerprint density at radius 1 is 1.27 bits per heavy atom. The minimum absolute atomic E-state index is 0.0289. The van der Waals surface area contributed by atoms with E-state index in [2.05, 4.69) is 49.0 Å². The van der Waals surface area contributed by atoms with Crippen LogP contribution in [0.3, 0.4) is 0 Å². The Morgan fingerprint density at radius 2 is 2.03 bits per heavy atom. The fraction of sp³-hybridized carbons (Fsp3) is 0.667. The van der Waals surface area contributed by atoms with Crippen LogP contribution in [-0.2, 0) is 11.2 Å². The summed E-state index contributed by atoms with van der Waals surface area (Å²) in [4.78, 5) is 34.8. The highest BCUT2D eigenvalue weighted by Gasteiger charge is 2.55. The van der Waals surface area contributed by atoms with Gasteiger partial charge in [-0.05, 0) is 83.0 Å². The number of imide groups is 1. The van der Waals surface area contributed by atoms with Gasteiger partial charge in [-0.3, -0.25) is 14.7 Å². The van der Waals surface area contributed by atoms with Gasteiger partial charge < -0.3 is 10.2 Å². The van der Waals surface area contributed by atoms with Crippen LogP contribution in [0.1, 0.15) is 71.9 Å². The van der Waals surface area contributed by atoms with Crippen LogP contribution in [0.4, 0.5) is 4.79 Å². The summed E-state index contributed by atoms with van der Waals surface area (Å²) in [5.74, 6) is 0.835. The SMILES string of the molecule is CCC[C@]1(C2CCN(C[C@H](C)CCC=C(C)C)CC2)NC(=O)N(CCc2ccccn2)C1=O. The van der Waals surface area contributed by atoms with E-state index in [0.29, 0.717) is 25.3 Å². The molecule has 2 aliphatic heterocycles. The average molecular weight is 455 g/mol. The molecule has 2 saturated heterocycles. The van der Waals surface area contributed by atoms with E-state index in [1.54, 1.807) is 6.20 Å². The first-order chi connectivity index (χ1) is 15.9. The number of piperidine rings is 1. The molecule has 33 heavy (non-hydrogen) atoms. The molecule has 3 heterocycles. The Labute approximate surface area is 199 Å². The van der Waals surface area contributed by atoms with Crippen molar-refractivity contribution < 1.29 is 9.59 Å². The van der Waals surface area contributed by atoms with Crippen LogP contribution in [0.15, 0.2) is 36.0 Å². The van der Waals surface area contributed by atoms with Crippen molar-refractivity contribution in [3.8, 4) is 0 Å². The lowest BCUT2D eigenvalue weighted by Gasteiger charge is -2.41. The van der Waals surface area contributed by atoms with Gasteiger partial charge >= 0.3 is 6.03 Å². The average Bonchev–Trinajstić information content (AvgIpc) is 3.03. The predicted octanol–water partition coefficient (Wildman–Crippen LogP) is 4.81. The van der Waals surface area contributed by atoms with Crippen LogP contribution in [0.5, 0.6) is 0 Å². The van der Waals surface area contributed by atoms with Crippen molar-refractivity contribution in [3.63, 3.8) is 0 Å². The molecule has 0 spiro atoms. The third-order valence-corrected chi connectivity index (χ3v) is 7.23. The van der Waals surface area contributed by atoms with Crippen molar-refractivity contribution in [2.45, 2.75) is 78.2 Å². The number of nitrogens with one attached hydrogen (secondary N) is 1. The van der Waals surface area contributed by atoms with Crippen molar-refractivity contribution in [2.24, 2.45) is 11.8 Å². The second kappa shape index (κ2) is 11.8. The highest BCUT2D eigenvalue weighted by atomic mass is 16.2. The molecule has 1 aromatic heterocycles. The van der Waals surface area contributed by atoms with Gasteiger partial charge in [0.2, 0.25) is 0 Å². The number of nitrogens with zero attached hydrogens (tertiary/aromatic N) is 3. The monoisotopic (exact) mass is 454 g/mol. The zero-order valence-electron chi connectivity index (χ0n) is 21.0. The maximum atomic E-state index is 13.6. The van der Waals surface area contributed by atoms with Gasteiger partial charge in [0.15, 0.2) is 0 Å². The van der Waals surface area contributed by atoms with Crippen LogP contribution in [-0.4, -0.2) is 58.4 Å². The largest absolute Gasteiger partial charge is 0.325 e. The molecule has 0 aromatic carbocycles. The molecule has 0 radical (unpaired) electrons. The van der Waals surface area contributed by atoms with Crippen molar-refractivity contribution in [1.82, 2.24) is 20.1 Å². The molecular weight excluding hydrogens is 412 g/mol. The molecule has 2 aliphatic rings. The number of hydrogen-bond donors (Lipinski definition) is 1. The number of likely N-dealkylation sites (tertiary alicyclic amines) is 1.